The van der Waals surface area contributed by atoms with Crippen LogP contribution in [0.5, 0.6) is 28.7 Å². The smallest absolute Gasteiger partial charge is 0.410 e. The average molecular weight is 667 g/mol. The number of anilines is 2. The maximum atomic E-state index is 12.7. The molecule has 1 N–H and O–H groups in total. The van der Waals surface area contributed by atoms with Crippen LogP contribution in [0.3, 0.4) is 0 Å². The molecule has 0 saturated carbocycles. The monoisotopic (exact) mass is 666 g/mol. The Labute approximate surface area is 286 Å². The number of aromatic nitrogens is 4. The summed E-state index contributed by atoms with van der Waals surface area (Å²) in [5.41, 5.74) is 0.883. The van der Waals surface area contributed by atoms with Crippen molar-refractivity contribution in [3.05, 3.63) is 91.4 Å². The van der Waals surface area contributed by atoms with Gasteiger partial charge in [0.05, 0.1) is 26.3 Å². The summed E-state index contributed by atoms with van der Waals surface area (Å²) in [5, 5.41) is 3.25. The third-order valence-corrected chi connectivity index (χ3v) is 7.21. The number of nitrogens with one attached hydrogen (secondary N) is 1. The first-order valence-electron chi connectivity index (χ1n) is 15.9. The van der Waals surface area contributed by atoms with Crippen LogP contribution in [0.1, 0.15) is 34.6 Å². The predicted molar refractivity (Wildman–Crippen MR) is 188 cm³/mol. The van der Waals surface area contributed by atoms with E-state index in [1.807, 2.05) is 100.0 Å². The molecule has 1 amide bonds. The summed E-state index contributed by atoms with van der Waals surface area (Å²) in [6, 6.07) is 22.3. The van der Waals surface area contributed by atoms with Gasteiger partial charge in [0.25, 0.3) is 0 Å². The number of benzene rings is 3. The van der Waals surface area contributed by atoms with Crippen LogP contribution < -0.4 is 24.3 Å². The van der Waals surface area contributed by atoms with E-state index in [0.717, 1.165) is 5.56 Å². The van der Waals surface area contributed by atoms with Crippen molar-refractivity contribution in [3.8, 4) is 46.0 Å². The van der Waals surface area contributed by atoms with Crippen molar-refractivity contribution in [2.45, 2.75) is 46.3 Å². The summed E-state index contributed by atoms with van der Waals surface area (Å²) in [4.78, 5) is 28.1. The highest BCUT2D eigenvalue weighted by Gasteiger charge is 2.24. The van der Waals surface area contributed by atoms with Gasteiger partial charge in [0.2, 0.25) is 5.95 Å². The van der Waals surface area contributed by atoms with E-state index in [0.29, 0.717) is 58.6 Å². The second kappa shape index (κ2) is 15.4. The number of para-hydroxylation sites is 3. The zero-order valence-electron chi connectivity index (χ0n) is 28.8. The molecule has 49 heavy (non-hydrogen) atoms. The van der Waals surface area contributed by atoms with Crippen LogP contribution in [0.2, 0.25) is 0 Å². The Bertz CT molecular complexity index is 1870. The molecule has 0 unspecified atom stereocenters. The molecule has 0 saturated heterocycles. The molecule has 0 aliphatic rings. The van der Waals surface area contributed by atoms with Crippen molar-refractivity contribution in [2.75, 3.05) is 32.7 Å². The Morgan fingerprint density at radius 1 is 0.857 bits per heavy atom. The fourth-order valence-electron chi connectivity index (χ4n) is 4.92. The SMILES string of the molecule is COc1cc(Nc2nccc(-n3ccnc3-c3ccccc3Oc3ccccc3OC)n2)ccc1OCCN(C(=O)OC(C)(C)C)C(C)C. The van der Waals surface area contributed by atoms with Gasteiger partial charge >= 0.3 is 6.09 Å². The molecule has 0 bridgehead atoms. The normalized spacial score (nSPS) is 11.2. The second-order valence-electron chi connectivity index (χ2n) is 12.2. The molecular weight excluding hydrogens is 624 g/mol. The largest absolute Gasteiger partial charge is 0.493 e. The van der Waals surface area contributed by atoms with Crippen LogP contribution in [0, 0.1) is 0 Å². The third-order valence-electron chi connectivity index (χ3n) is 7.21. The molecule has 0 atom stereocenters. The highest BCUT2D eigenvalue weighted by atomic mass is 16.6. The minimum Gasteiger partial charge on any atom is -0.493 e. The Morgan fingerprint density at radius 3 is 2.29 bits per heavy atom. The minimum atomic E-state index is -0.584. The first-order chi connectivity index (χ1) is 23.6. The van der Waals surface area contributed by atoms with Crippen molar-refractivity contribution in [3.63, 3.8) is 0 Å². The van der Waals surface area contributed by atoms with Gasteiger partial charge in [0.1, 0.15) is 29.6 Å². The summed E-state index contributed by atoms with van der Waals surface area (Å²) in [5.74, 6) is 4.49. The Morgan fingerprint density at radius 2 is 1.57 bits per heavy atom. The van der Waals surface area contributed by atoms with Gasteiger partial charge in [-0.05, 0) is 77.1 Å². The van der Waals surface area contributed by atoms with E-state index in [2.05, 4.69) is 15.3 Å². The topological polar surface area (TPSA) is 122 Å². The van der Waals surface area contributed by atoms with E-state index >= 15 is 0 Å². The molecule has 5 aromatic rings. The third kappa shape index (κ3) is 8.78. The number of methoxy groups -OCH3 is 2. The van der Waals surface area contributed by atoms with E-state index < -0.39 is 5.60 Å². The summed E-state index contributed by atoms with van der Waals surface area (Å²) in [7, 11) is 3.18. The van der Waals surface area contributed by atoms with Gasteiger partial charge in [-0.25, -0.2) is 14.8 Å². The van der Waals surface area contributed by atoms with E-state index in [1.165, 1.54) is 0 Å². The zero-order valence-corrected chi connectivity index (χ0v) is 28.8. The lowest BCUT2D eigenvalue weighted by Gasteiger charge is -2.30. The zero-order chi connectivity index (χ0) is 35.0. The lowest BCUT2D eigenvalue weighted by Crippen LogP contribution is -2.43. The molecule has 3 aromatic carbocycles. The first kappa shape index (κ1) is 34.6. The van der Waals surface area contributed by atoms with Crippen LogP contribution >= 0.6 is 0 Å². The number of rotatable bonds is 13. The van der Waals surface area contributed by atoms with Crippen LogP contribution in [0.25, 0.3) is 17.2 Å². The second-order valence-corrected chi connectivity index (χ2v) is 12.2. The fourth-order valence-corrected chi connectivity index (χ4v) is 4.92. The lowest BCUT2D eigenvalue weighted by atomic mass is 10.2. The molecule has 12 nitrogen and oxygen atoms in total. The predicted octanol–water partition coefficient (Wildman–Crippen LogP) is 7.91. The van der Waals surface area contributed by atoms with Crippen molar-refractivity contribution in [2.24, 2.45) is 0 Å². The summed E-state index contributed by atoms with van der Waals surface area (Å²) in [6.07, 6.45) is 4.83. The van der Waals surface area contributed by atoms with E-state index in [4.69, 9.17) is 28.7 Å². The van der Waals surface area contributed by atoms with Crippen LogP contribution in [-0.4, -0.2) is 69.5 Å². The Hall–Kier alpha value is -5.78. The van der Waals surface area contributed by atoms with Crippen LogP contribution in [0.4, 0.5) is 16.4 Å². The van der Waals surface area contributed by atoms with E-state index in [9.17, 15) is 4.79 Å². The summed E-state index contributed by atoms with van der Waals surface area (Å²) in [6.45, 7) is 10.0. The molecule has 0 radical (unpaired) electrons. The maximum absolute atomic E-state index is 12.7. The summed E-state index contributed by atoms with van der Waals surface area (Å²) < 4.78 is 30.8. The number of amides is 1. The molecule has 2 aromatic heterocycles. The van der Waals surface area contributed by atoms with Gasteiger partial charge < -0.3 is 33.9 Å². The Balaban J connectivity index is 1.30. The maximum Gasteiger partial charge on any atom is 0.410 e. The Kier molecular flexibility index (Phi) is 10.9. The highest BCUT2D eigenvalue weighted by Crippen LogP contribution is 2.37. The molecular formula is C37H42N6O6. The molecule has 2 heterocycles. The van der Waals surface area contributed by atoms with E-state index in [1.54, 1.807) is 49.7 Å². The molecule has 12 heteroatoms. The van der Waals surface area contributed by atoms with E-state index in [-0.39, 0.29) is 18.7 Å². The molecule has 0 fully saturated rings. The van der Waals surface area contributed by atoms with Crippen LogP contribution in [-0.2, 0) is 4.74 Å². The van der Waals surface area contributed by atoms with Gasteiger partial charge in [-0.15, -0.1) is 0 Å². The number of carbonyl (C=O) groups is 1. The molecule has 256 valence electrons. The van der Waals surface area contributed by atoms with Gasteiger partial charge in [-0.1, -0.05) is 24.3 Å². The fraction of sp³-hybridized carbons (Fsp3) is 0.297. The molecule has 0 aliphatic heterocycles. The van der Waals surface area contributed by atoms with Crippen molar-refractivity contribution >= 4 is 17.7 Å². The van der Waals surface area contributed by atoms with Gasteiger partial charge in [-0.2, -0.15) is 4.98 Å². The molecule has 0 spiro atoms. The van der Waals surface area contributed by atoms with Crippen molar-refractivity contribution < 1.29 is 28.5 Å². The number of imidazole rings is 1. The summed E-state index contributed by atoms with van der Waals surface area (Å²) >= 11 is 0. The number of ether oxygens (including phenoxy) is 5. The van der Waals surface area contributed by atoms with Gasteiger partial charge in [0.15, 0.2) is 23.0 Å². The molecule has 5 rings (SSSR count). The van der Waals surface area contributed by atoms with Crippen molar-refractivity contribution in [1.82, 2.24) is 24.4 Å². The highest BCUT2D eigenvalue weighted by molar-refractivity contribution is 5.69. The lowest BCUT2D eigenvalue weighted by molar-refractivity contribution is 0.0164. The number of hydrogen-bond donors (Lipinski definition) is 1. The van der Waals surface area contributed by atoms with Crippen molar-refractivity contribution in [1.29, 1.82) is 0 Å². The number of carbonyl (C=O) groups excluding carboxylic acids is 1. The number of hydrogen-bond acceptors (Lipinski definition) is 10. The number of nitrogens with zero attached hydrogens (tertiary/aromatic N) is 5. The van der Waals surface area contributed by atoms with Gasteiger partial charge in [0, 0.05) is 36.4 Å². The quantitative estimate of drug-likeness (QED) is 0.133. The minimum absolute atomic E-state index is 0.0532. The standard InChI is InChI=1S/C37H42N6O6/c1-25(2)42(36(44)49-37(3,4)5)22-23-47-30-17-16-26(24-32(30)46-7)40-35-39-19-18-33(41-35)43-21-20-38-34(43)27-12-8-9-13-28(27)48-31-15-11-10-14-29(31)45-6/h8-21,24-25H,22-23H2,1-7H3,(H,39,40,41). The van der Waals surface area contributed by atoms with Crippen LogP contribution in [0.15, 0.2) is 91.4 Å². The first-order valence-corrected chi connectivity index (χ1v) is 15.9. The molecule has 0 aliphatic carbocycles. The van der Waals surface area contributed by atoms with Gasteiger partial charge in [-0.3, -0.25) is 4.57 Å². The average Bonchev–Trinajstić information content (AvgIpc) is 3.57.